The molecule has 0 radical (unpaired) electrons. The molecule has 0 spiro atoms. The summed E-state index contributed by atoms with van der Waals surface area (Å²) in [6.07, 6.45) is 5.65. The van der Waals surface area contributed by atoms with Crippen molar-refractivity contribution in [2.45, 2.75) is 54.1 Å². The molecule has 4 N–H and O–H groups in total. The molecule has 3 aromatic rings. The first-order valence-electron chi connectivity index (χ1n) is 12.2. The fraction of sp³-hybridized carbons (Fsp3) is 0.296. The molecule has 8 nitrogen and oxygen atoms in total. The van der Waals surface area contributed by atoms with Crippen molar-refractivity contribution < 1.29 is 14.3 Å². The Bertz CT molecular complexity index is 1290. The minimum atomic E-state index is -0.490. The molecule has 3 aliphatic rings. The van der Waals surface area contributed by atoms with Gasteiger partial charge in [0, 0.05) is 23.8 Å². The molecule has 36 heavy (non-hydrogen) atoms. The Morgan fingerprint density at radius 3 is 2.58 bits per heavy atom. The molecule has 0 saturated heterocycles. The summed E-state index contributed by atoms with van der Waals surface area (Å²) in [6, 6.07) is 17.9. The van der Waals surface area contributed by atoms with Gasteiger partial charge in [0.05, 0.1) is 17.4 Å². The second-order valence-corrected chi connectivity index (χ2v) is 10.5. The summed E-state index contributed by atoms with van der Waals surface area (Å²) in [4.78, 5) is 32.8. The number of nitrogens with two attached hydrogens (primary N) is 1. The van der Waals surface area contributed by atoms with Crippen LogP contribution in [-0.2, 0) is 4.79 Å². The van der Waals surface area contributed by atoms with Crippen LogP contribution >= 0.6 is 11.8 Å². The van der Waals surface area contributed by atoms with Gasteiger partial charge in [0.2, 0.25) is 5.91 Å². The lowest BCUT2D eigenvalue weighted by Crippen LogP contribution is -2.54. The highest BCUT2D eigenvalue weighted by Crippen LogP contribution is 2.50. The van der Waals surface area contributed by atoms with E-state index in [0.29, 0.717) is 11.4 Å². The average molecular weight is 502 g/mol. The predicted octanol–water partition coefficient (Wildman–Crippen LogP) is 4.64. The summed E-state index contributed by atoms with van der Waals surface area (Å²) in [6.45, 7) is 0. The van der Waals surface area contributed by atoms with Crippen molar-refractivity contribution in [3.63, 3.8) is 0 Å². The third-order valence-corrected chi connectivity index (χ3v) is 8.27. The minimum absolute atomic E-state index is 0.0320. The Balaban J connectivity index is 1.24. The number of anilines is 2. The Kier molecular flexibility index (Phi) is 6.02. The average Bonchev–Trinajstić information content (AvgIpc) is 3.26. The number of para-hydroxylation sites is 1. The highest BCUT2D eigenvalue weighted by atomic mass is 32.2. The molecule has 2 aliphatic heterocycles. The van der Waals surface area contributed by atoms with E-state index in [2.05, 4.69) is 15.6 Å². The van der Waals surface area contributed by atoms with Crippen LogP contribution in [0.1, 0.15) is 37.3 Å². The van der Waals surface area contributed by atoms with E-state index in [0.717, 1.165) is 47.7 Å². The minimum Gasteiger partial charge on any atom is -0.457 e. The van der Waals surface area contributed by atoms with E-state index in [9.17, 15) is 9.59 Å². The van der Waals surface area contributed by atoms with Gasteiger partial charge in [-0.15, -0.1) is 0 Å². The zero-order chi connectivity index (χ0) is 24.6. The van der Waals surface area contributed by atoms with Gasteiger partial charge in [0.1, 0.15) is 21.8 Å². The van der Waals surface area contributed by atoms with Crippen LogP contribution in [0.4, 0.5) is 16.2 Å². The molecular formula is C27H27N5O3S. The third kappa shape index (κ3) is 4.18. The molecule has 1 aromatic heterocycles. The van der Waals surface area contributed by atoms with E-state index in [1.807, 2.05) is 60.7 Å². The van der Waals surface area contributed by atoms with Crippen molar-refractivity contribution in [3.05, 3.63) is 72.4 Å². The van der Waals surface area contributed by atoms with Gasteiger partial charge in [-0.3, -0.25) is 9.69 Å². The van der Waals surface area contributed by atoms with Crippen molar-refractivity contribution >= 4 is 35.1 Å². The standard InChI is InChI=1S/C27H27N5O3S/c28-19-8-4-5-9-20(19)30-25(33)24-23-22-21(14-15-29-26(22)36-24)32(27(34)31-23)16-10-12-18(13-11-16)35-17-6-2-1-3-7-17/h1-3,6-7,10-15,19-20,23-24H,4-5,8-9,28H2,(H,30,33)(H,31,34)/t19-,20-,23?,24?/m1/s1. The van der Waals surface area contributed by atoms with Crippen LogP contribution in [0, 0.1) is 0 Å². The molecule has 184 valence electrons. The van der Waals surface area contributed by atoms with Crippen LogP contribution in [0.3, 0.4) is 0 Å². The lowest BCUT2D eigenvalue weighted by atomic mass is 9.90. The molecule has 2 aromatic carbocycles. The van der Waals surface area contributed by atoms with Gasteiger partial charge in [-0.2, -0.15) is 0 Å². The lowest BCUT2D eigenvalue weighted by molar-refractivity contribution is -0.122. The van der Waals surface area contributed by atoms with Crippen molar-refractivity contribution in [2.75, 3.05) is 4.90 Å². The molecule has 6 rings (SSSR count). The zero-order valence-corrected chi connectivity index (χ0v) is 20.4. The predicted molar refractivity (Wildman–Crippen MR) is 139 cm³/mol. The number of pyridine rings is 1. The van der Waals surface area contributed by atoms with Gasteiger partial charge in [-0.1, -0.05) is 42.8 Å². The van der Waals surface area contributed by atoms with E-state index >= 15 is 0 Å². The van der Waals surface area contributed by atoms with E-state index in [1.165, 1.54) is 11.8 Å². The quantitative estimate of drug-likeness (QED) is 0.470. The highest BCUT2D eigenvalue weighted by molar-refractivity contribution is 8.01. The van der Waals surface area contributed by atoms with Crippen LogP contribution in [0.2, 0.25) is 0 Å². The third-order valence-electron chi connectivity index (χ3n) is 6.99. The summed E-state index contributed by atoms with van der Waals surface area (Å²) < 4.78 is 5.89. The number of ether oxygens (including phenoxy) is 1. The monoisotopic (exact) mass is 501 g/mol. The Morgan fingerprint density at radius 1 is 1.06 bits per heavy atom. The van der Waals surface area contributed by atoms with E-state index in [4.69, 9.17) is 10.5 Å². The summed E-state index contributed by atoms with van der Waals surface area (Å²) in [7, 11) is 0. The van der Waals surface area contributed by atoms with Crippen LogP contribution in [-0.4, -0.2) is 34.3 Å². The first-order valence-corrected chi connectivity index (χ1v) is 13.1. The summed E-state index contributed by atoms with van der Waals surface area (Å²) in [5.74, 6) is 1.31. The number of benzene rings is 2. The molecule has 1 aliphatic carbocycles. The molecule has 1 saturated carbocycles. The lowest BCUT2D eigenvalue weighted by Gasteiger charge is -2.35. The summed E-state index contributed by atoms with van der Waals surface area (Å²) in [5, 5.41) is 6.48. The molecule has 9 heteroatoms. The molecular weight excluding hydrogens is 474 g/mol. The van der Waals surface area contributed by atoms with Crippen LogP contribution < -0.4 is 26.0 Å². The molecule has 2 unspecified atom stereocenters. The Hall–Kier alpha value is -3.56. The second kappa shape index (κ2) is 9.48. The van der Waals surface area contributed by atoms with E-state index < -0.39 is 11.3 Å². The highest BCUT2D eigenvalue weighted by Gasteiger charge is 2.47. The largest absolute Gasteiger partial charge is 0.457 e. The maximum atomic E-state index is 13.3. The topological polar surface area (TPSA) is 110 Å². The van der Waals surface area contributed by atoms with Crippen LogP contribution in [0.5, 0.6) is 11.5 Å². The fourth-order valence-corrected chi connectivity index (χ4v) is 6.41. The number of urea groups is 1. The maximum absolute atomic E-state index is 13.3. The van der Waals surface area contributed by atoms with Gasteiger partial charge < -0.3 is 21.1 Å². The number of thioether (sulfide) groups is 1. The normalized spacial score (nSPS) is 24.6. The van der Waals surface area contributed by atoms with Gasteiger partial charge in [-0.25, -0.2) is 9.78 Å². The molecule has 1 fully saturated rings. The first-order chi connectivity index (χ1) is 17.6. The number of hydrogen-bond donors (Lipinski definition) is 3. The molecule has 4 atom stereocenters. The number of nitrogens with zero attached hydrogens (tertiary/aromatic N) is 2. The van der Waals surface area contributed by atoms with Crippen molar-refractivity contribution in [3.8, 4) is 11.5 Å². The number of hydrogen-bond acceptors (Lipinski definition) is 6. The first kappa shape index (κ1) is 22.9. The molecule has 3 amide bonds. The van der Waals surface area contributed by atoms with Crippen molar-refractivity contribution in [1.29, 1.82) is 0 Å². The second-order valence-electron chi connectivity index (χ2n) is 9.32. The number of rotatable bonds is 5. The number of nitrogens with one attached hydrogen (secondary N) is 2. The van der Waals surface area contributed by atoms with E-state index in [1.54, 1.807) is 11.1 Å². The van der Waals surface area contributed by atoms with Gasteiger partial charge in [0.25, 0.3) is 0 Å². The summed E-state index contributed by atoms with van der Waals surface area (Å²) >= 11 is 1.40. The van der Waals surface area contributed by atoms with Gasteiger partial charge >= 0.3 is 6.03 Å². The summed E-state index contributed by atoms with van der Waals surface area (Å²) in [5.41, 5.74) is 8.56. The van der Waals surface area contributed by atoms with Crippen LogP contribution in [0.25, 0.3) is 0 Å². The molecule has 3 heterocycles. The van der Waals surface area contributed by atoms with Crippen molar-refractivity contribution in [2.24, 2.45) is 5.73 Å². The maximum Gasteiger partial charge on any atom is 0.327 e. The number of carbonyl (C=O) groups is 2. The Labute approximate surface area is 213 Å². The van der Waals surface area contributed by atoms with Crippen molar-refractivity contribution in [1.82, 2.24) is 15.6 Å². The van der Waals surface area contributed by atoms with Gasteiger partial charge in [-0.05, 0) is 55.3 Å². The number of carbonyl (C=O) groups excluding carboxylic acids is 2. The SMILES string of the molecule is N[C@@H]1CCCC[C@H]1NC(=O)C1Sc2nccc3c2C1NC(=O)N3c1ccc(Oc2ccccc2)cc1. The Morgan fingerprint density at radius 2 is 1.81 bits per heavy atom. The van der Waals surface area contributed by atoms with Crippen LogP contribution in [0.15, 0.2) is 71.9 Å². The number of amides is 3. The van der Waals surface area contributed by atoms with Gasteiger partial charge in [0.15, 0.2) is 0 Å². The smallest absolute Gasteiger partial charge is 0.327 e. The fourth-order valence-electron chi connectivity index (χ4n) is 5.17. The number of aromatic nitrogens is 1. The zero-order valence-electron chi connectivity index (χ0n) is 19.6. The van der Waals surface area contributed by atoms with E-state index in [-0.39, 0.29) is 24.0 Å². The molecule has 0 bridgehead atoms.